The molecule has 1 aromatic heterocycles. The minimum atomic E-state index is -0.549. The van der Waals surface area contributed by atoms with E-state index in [1.807, 2.05) is 4.90 Å². The van der Waals surface area contributed by atoms with Gasteiger partial charge in [-0.05, 0) is 31.5 Å². The van der Waals surface area contributed by atoms with E-state index in [1.165, 1.54) is 31.2 Å². The zero-order valence-corrected chi connectivity index (χ0v) is 10.2. The molecule has 1 aromatic rings. The van der Waals surface area contributed by atoms with Gasteiger partial charge in [0, 0.05) is 31.9 Å². The second kappa shape index (κ2) is 4.65. The molecule has 2 aliphatic rings. The molecular formula is C13H16FN3O. The fourth-order valence-electron chi connectivity index (χ4n) is 2.86. The van der Waals surface area contributed by atoms with Gasteiger partial charge >= 0.3 is 0 Å². The van der Waals surface area contributed by atoms with Gasteiger partial charge in [0.1, 0.15) is 0 Å². The molecule has 4 nitrogen and oxygen atoms in total. The van der Waals surface area contributed by atoms with E-state index in [-0.39, 0.29) is 5.91 Å². The average Bonchev–Trinajstić information content (AvgIpc) is 2.86. The van der Waals surface area contributed by atoms with Gasteiger partial charge in [0.15, 0.2) is 0 Å². The lowest BCUT2D eigenvalue weighted by molar-refractivity contribution is 0.0571. The molecule has 1 amide bonds. The third-order valence-electron chi connectivity index (χ3n) is 3.85. The Hall–Kier alpha value is -1.49. The number of nitrogens with zero attached hydrogens (tertiary/aromatic N) is 3. The summed E-state index contributed by atoms with van der Waals surface area (Å²) in [6.45, 7) is 3.65. The topological polar surface area (TPSA) is 36.4 Å². The first-order valence-corrected chi connectivity index (χ1v) is 6.39. The smallest absolute Gasteiger partial charge is 0.255 e. The predicted molar refractivity (Wildman–Crippen MR) is 64.7 cm³/mol. The highest BCUT2D eigenvalue weighted by Gasteiger charge is 2.32. The first-order valence-electron chi connectivity index (χ1n) is 6.39. The molecule has 3 heterocycles. The van der Waals surface area contributed by atoms with E-state index in [2.05, 4.69) is 9.88 Å². The van der Waals surface area contributed by atoms with Gasteiger partial charge in [-0.2, -0.15) is 4.39 Å². The molecule has 1 unspecified atom stereocenters. The number of pyridine rings is 1. The van der Waals surface area contributed by atoms with Crippen molar-refractivity contribution in [2.75, 3.05) is 26.2 Å². The Morgan fingerprint density at radius 2 is 2.22 bits per heavy atom. The molecule has 0 aliphatic carbocycles. The minimum Gasteiger partial charge on any atom is -0.336 e. The second-order valence-electron chi connectivity index (χ2n) is 4.95. The number of halogens is 1. The van der Waals surface area contributed by atoms with Crippen LogP contribution in [-0.2, 0) is 0 Å². The van der Waals surface area contributed by atoms with E-state index in [4.69, 9.17) is 0 Å². The van der Waals surface area contributed by atoms with Crippen molar-refractivity contribution in [3.63, 3.8) is 0 Å². The fraction of sp³-hybridized carbons (Fsp3) is 0.538. The van der Waals surface area contributed by atoms with Crippen molar-refractivity contribution in [2.24, 2.45) is 0 Å². The highest BCUT2D eigenvalue weighted by molar-refractivity contribution is 5.94. The van der Waals surface area contributed by atoms with E-state index >= 15 is 0 Å². The maximum absolute atomic E-state index is 12.7. The monoisotopic (exact) mass is 249 g/mol. The minimum absolute atomic E-state index is 0.0333. The van der Waals surface area contributed by atoms with Crippen LogP contribution in [0.25, 0.3) is 0 Å². The highest BCUT2D eigenvalue weighted by atomic mass is 19.1. The third-order valence-corrected chi connectivity index (χ3v) is 3.85. The van der Waals surface area contributed by atoms with Crippen LogP contribution in [0.5, 0.6) is 0 Å². The Kier molecular flexibility index (Phi) is 2.99. The molecule has 0 N–H and O–H groups in total. The second-order valence-corrected chi connectivity index (χ2v) is 4.95. The molecule has 0 bridgehead atoms. The molecule has 0 saturated carbocycles. The Bertz CT molecular complexity index is 448. The molecule has 3 rings (SSSR count). The first-order chi connectivity index (χ1) is 8.74. The molecule has 0 radical (unpaired) electrons. The summed E-state index contributed by atoms with van der Waals surface area (Å²) in [6.07, 6.45) is 3.72. The predicted octanol–water partition coefficient (Wildman–Crippen LogP) is 1.14. The SMILES string of the molecule is O=C(c1ccc(F)nc1)N1CCN2CCCC2C1. The summed E-state index contributed by atoms with van der Waals surface area (Å²) in [6, 6.07) is 3.25. The van der Waals surface area contributed by atoms with E-state index in [1.54, 1.807) is 0 Å². The largest absolute Gasteiger partial charge is 0.336 e. The standard InChI is InChI=1S/C13H16FN3O/c14-12-4-3-10(8-15-12)13(18)17-7-6-16-5-1-2-11(16)9-17/h3-4,8,11H,1-2,5-7,9H2. The first kappa shape index (κ1) is 11.6. The molecule has 2 aliphatic heterocycles. The van der Waals surface area contributed by atoms with Crippen molar-refractivity contribution < 1.29 is 9.18 Å². The Morgan fingerprint density at radius 3 is 3.00 bits per heavy atom. The van der Waals surface area contributed by atoms with Crippen molar-refractivity contribution in [3.05, 3.63) is 29.8 Å². The zero-order valence-electron chi connectivity index (χ0n) is 10.2. The number of rotatable bonds is 1. The summed E-state index contributed by atoms with van der Waals surface area (Å²) in [5, 5.41) is 0. The summed E-state index contributed by atoms with van der Waals surface area (Å²) < 4.78 is 12.7. The number of hydrogen-bond donors (Lipinski definition) is 0. The number of carbonyl (C=O) groups excluding carboxylic acids is 1. The van der Waals surface area contributed by atoms with E-state index in [0.717, 1.165) is 26.2 Å². The molecule has 1 atom stereocenters. The molecule has 0 aromatic carbocycles. The van der Waals surface area contributed by atoms with Crippen LogP contribution in [-0.4, -0.2) is 52.9 Å². The lowest BCUT2D eigenvalue weighted by Gasteiger charge is -2.37. The van der Waals surface area contributed by atoms with E-state index in [0.29, 0.717) is 11.6 Å². The quantitative estimate of drug-likeness (QED) is 0.700. The van der Waals surface area contributed by atoms with Crippen molar-refractivity contribution in [3.8, 4) is 0 Å². The van der Waals surface area contributed by atoms with Gasteiger partial charge in [-0.15, -0.1) is 0 Å². The van der Waals surface area contributed by atoms with Crippen molar-refractivity contribution >= 4 is 5.91 Å². The Labute approximate surface area is 105 Å². The summed E-state index contributed by atoms with van der Waals surface area (Å²) >= 11 is 0. The summed E-state index contributed by atoms with van der Waals surface area (Å²) in [5.41, 5.74) is 0.475. The van der Waals surface area contributed by atoms with Gasteiger partial charge in [-0.3, -0.25) is 9.69 Å². The molecule has 18 heavy (non-hydrogen) atoms. The van der Waals surface area contributed by atoms with Crippen molar-refractivity contribution in [1.82, 2.24) is 14.8 Å². The van der Waals surface area contributed by atoms with Crippen LogP contribution >= 0.6 is 0 Å². The number of piperazine rings is 1. The third kappa shape index (κ3) is 2.10. The van der Waals surface area contributed by atoms with Crippen LogP contribution < -0.4 is 0 Å². The average molecular weight is 249 g/mol. The van der Waals surface area contributed by atoms with Gasteiger partial charge in [-0.25, -0.2) is 4.98 Å². The van der Waals surface area contributed by atoms with Crippen LogP contribution in [0, 0.1) is 5.95 Å². The summed E-state index contributed by atoms with van der Waals surface area (Å²) in [7, 11) is 0. The van der Waals surface area contributed by atoms with Crippen LogP contribution in [0.15, 0.2) is 18.3 Å². The molecule has 0 spiro atoms. The van der Waals surface area contributed by atoms with E-state index < -0.39 is 5.95 Å². The molecule has 96 valence electrons. The number of amides is 1. The fourth-order valence-corrected chi connectivity index (χ4v) is 2.86. The van der Waals surface area contributed by atoms with Gasteiger partial charge in [0.05, 0.1) is 5.56 Å². The summed E-state index contributed by atoms with van der Waals surface area (Å²) in [5.74, 6) is -0.582. The van der Waals surface area contributed by atoms with Gasteiger partial charge in [-0.1, -0.05) is 0 Å². The summed E-state index contributed by atoms with van der Waals surface area (Å²) in [4.78, 5) is 20.1. The van der Waals surface area contributed by atoms with Crippen molar-refractivity contribution in [1.29, 1.82) is 0 Å². The Morgan fingerprint density at radius 1 is 1.33 bits per heavy atom. The zero-order chi connectivity index (χ0) is 12.5. The van der Waals surface area contributed by atoms with Crippen LogP contribution in [0.2, 0.25) is 0 Å². The molecular weight excluding hydrogens is 233 g/mol. The highest BCUT2D eigenvalue weighted by Crippen LogP contribution is 2.22. The van der Waals surface area contributed by atoms with Crippen LogP contribution in [0.1, 0.15) is 23.2 Å². The van der Waals surface area contributed by atoms with Gasteiger partial charge in [0.25, 0.3) is 5.91 Å². The number of aromatic nitrogens is 1. The Balaban J connectivity index is 1.71. The molecule has 5 heteroatoms. The number of hydrogen-bond acceptors (Lipinski definition) is 3. The molecule has 2 fully saturated rings. The normalized spacial score (nSPS) is 24.1. The number of fused-ring (bicyclic) bond motifs is 1. The maximum Gasteiger partial charge on any atom is 0.255 e. The lowest BCUT2D eigenvalue weighted by atomic mass is 10.1. The van der Waals surface area contributed by atoms with Crippen LogP contribution in [0.4, 0.5) is 4.39 Å². The van der Waals surface area contributed by atoms with Gasteiger partial charge in [0.2, 0.25) is 5.95 Å². The lowest BCUT2D eigenvalue weighted by Crippen LogP contribution is -2.52. The van der Waals surface area contributed by atoms with Gasteiger partial charge < -0.3 is 4.90 Å². The van der Waals surface area contributed by atoms with Crippen LogP contribution in [0.3, 0.4) is 0 Å². The van der Waals surface area contributed by atoms with E-state index in [9.17, 15) is 9.18 Å². The number of carbonyl (C=O) groups is 1. The molecule has 2 saturated heterocycles. The maximum atomic E-state index is 12.7. The van der Waals surface area contributed by atoms with Crippen molar-refractivity contribution in [2.45, 2.75) is 18.9 Å².